The number of thiazole rings is 1. The van der Waals surface area contributed by atoms with Gasteiger partial charge in [-0.05, 0) is 45.1 Å². The van der Waals surface area contributed by atoms with Crippen LogP contribution in [0.5, 0.6) is 0 Å². The highest BCUT2D eigenvalue weighted by atomic mass is 32.2. The number of nitrogens with zero attached hydrogens (tertiary/aromatic N) is 2. The molecular formula is C18H25N3O3S2. The lowest BCUT2D eigenvalue weighted by atomic mass is 9.81. The summed E-state index contributed by atoms with van der Waals surface area (Å²) in [6.45, 7) is 3.84. The fourth-order valence-corrected chi connectivity index (χ4v) is 5.09. The van der Waals surface area contributed by atoms with E-state index in [0.717, 1.165) is 36.3 Å². The Bertz CT molecular complexity index is 675. The third kappa shape index (κ3) is 3.67. The molecule has 1 saturated carbocycles. The third-order valence-electron chi connectivity index (χ3n) is 5.34. The number of hydrogen-bond donors (Lipinski definition) is 1. The molecule has 2 aliphatic rings. The maximum Gasteiger partial charge on any atom is 0.249 e. The first kappa shape index (κ1) is 19.4. The second kappa shape index (κ2) is 8.08. The van der Waals surface area contributed by atoms with Crippen molar-refractivity contribution in [2.24, 2.45) is 11.8 Å². The summed E-state index contributed by atoms with van der Waals surface area (Å²) >= 11 is 3.02. The average molecular weight is 396 g/mol. The molecule has 1 aromatic heterocycles. The number of amides is 3. The van der Waals surface area contributed by atoms with Gasteiger partial charge >= 0.3 is 0 Å². The van der Waals surface area contributed by atoms with Gasteiger partial charge in [0.15, 0.2) is 5.13 Å². The molecule has 142 valence electrons. The molecule has 0 radical (unpaired) electrons. The number of hydrogen-bond acceptors (Lipinski definition) is 6. The van der Waals surface area contributed by atoms with Gasteiger partial charge in [-0.15, -0.1) is 11.3 Å². The highest BCUT2D eigenvalue weighted by Gasteiger charge is 2.51. The van der Waals surface area contributed by atoms with E-state index in [4.69, 9.17) is 0 Å². The van der Waals surface area contributed by atoms with E-state index < -0.39 is 6.04 Å². The Kier molecular flexibility index (Phi) is 6.02. The van der Waals surface area contributed by atoms with E-state index in [-0.39, 0.29) is 29.6 Å². The number of rotatable bonds is 6. The number of carbonyl (C=O) groups excluding carboxylic acids is 3. The Labute approximate surface area is 162 Å². The maximum absolute atomic E-state index is 12.9. The number of anilines is 1. The molecule has 6 nitrogen and oxygen atoms in total. The van der Waals surface area contributed by atoms with Crippen molar-refractivity contribution in [2.45, 2.75) is 52.0 Å². The quantitative estimate of drug-likeness (QED) is 0.749. The number of aryl methyl sites for hydroxylation is 2. The lowest BCUT2D eigenvalue weighted by Crippen LogP contribution is -2.48. The molecule has 2 heterocycles. The molecule has 2 fully saturated rings. The van der Waals surface area contributed by atoms with Crippen LogP contribution in [-0.4, -0.2) is 45.7 Å². The largest absolute Gasteiger partial charge is 0.300 e. The van der Waals surface area contributed by atoms with E-state index in [9.17, 15) is 14.4 Å². The zero-order chi connectivity index (χ0) is 18.8. The van der Waals surface area contributed by atoms with Crippen LogP contribution in [0.25, 0.3) is 0 Å². The standard InChI is InChI=1S/C18H25N3O3S2/c1-10-11(2)26-18(19-10)20-15(22)14(8-9-25-3)21-16(23)12-6-4-5-7-13(12)17(21)24/h12-14H,4-9H2,1-3H3,(H,19,20,22)/t12-,13+,14-/m1/s1. The Morgan fingerprint density at radius 1 is 1.27 bits per heavy atom. The fraction of sp³-hybridized carbons (Fsp3) is 0.667. The van der Waals surface area contributed by atoms with Crippen molar-refractivity contribution in [3.8, 4) is 0 Å². The predicted molar refractivity (Wildman–Crippen MR) is 104 cm³/mol. The molecule has 8 heteroatoms. The molecule has 1 N–H and O–H groups in total. The van der Waals surface area contributed by atoms with Gasteiger partial charge in [-0.2, -0.15) is 11.8 Å². The molecule has 3 atom stereocenters. The Morgan fingerprint density at radius 3 is 2.38 bits per heavy atom. The molecule has 3 amide bonds. The molecule has 0 bridgehead atoms. The zero-order valence-electron chi connectivity index (χ0n) is 15.4. The molecule has 0 aromatic carbocycles. The summed E-state index contributed by atoms with van der Waals surface area (Å²) in [5, 5.41) is 3.35. The van der Waals surface area contributed by atoms with Gasteiger partial charge in [0.1, 0.15) is 6.04 Å². The minimum atomic E-state index is -0.752. The molecular weight excluding hydrogens is 370 g/mol. The first-order chi connectivity index (χ1) is 12.4. The summed E-state index contributed by atoms with van der Waals surface area (Å²) in [5.74, 6) is -0.385. The molecule has 3 rings (SSSR count). The van der Waals surface area contributed by atoms with Crippen LogP contribution >= 0.6 is 23.1 Å². The Morgan fingerprint density at radius 2 is 1.88 bits per heavy atom. The molecule has 0 spiro atoms. The van der Waals surface area contributed by atoms with E-state index in [2.05, 4.69) is 10.3 Å². The first-order valence-corrected chi connectivity index (χ1v) is 11.3. The van der Waals surface area contributed by atoms with Gasteiger partial charge in [-0.3, -0.25) is 19.3 Å². The number of fused-ring (bicyclic) bond motifs is 1. The van der Waals surface area contributed by atoms with E-state index in [0.29, 0.717) is 17.3 Å². The van der Waals surface area contributed by atoms with Crippen LogP contribution in [0.3, 0.4) is 0 Å². The zero-order valence-corrected chi connectivity index (χ0v) is 17.0. The van der Waals surface area contributed by atoms with Gasteiger partial charge in [0.05, 0.1) is 17.5 Å². The molecule has 1 aliphatic heterocycles. The maximum atomic E-state index is 12.9. The van der Waals surface area contributed by atoms with Gasteiger partial charge in [-0.25, -0.2) is 4.98 Å². The van der Waals surface area contributed by atoms with E-state index in [1.165, 1.54) is 16.2 Å². The van der Waals surface area contributed by atoms with E-state index in [1.54, 1.807) is 11.8 Å². The minimum Gasteiger partial charge on any atom is -0.300 e. The number of aromatic nitrogens is 1. The van der Waals surface area contributed by atoms with Crippen molar-refractivity contribution in [1.82, 2.24) is 9.88 Å². The van der Waals surface area contributed by atoms with Crippen LogP contribution in [0.1, 0.15) is 42.7 Å². The van der Waals surface area contributed by atoms with Crippen LogP contribution in [0.2, 0.25) is 0 Å². The Balaban J connectivity index is 1.81. The summed E-state index contributed by atoms with van der Waals surface area (Å²) < 4.78 is 0. The summed E-state index contributed by atoms with van der Waals surface area (Å²) in [5.41, 5.74) is 0.880. The number of carbonyl (C=O) groups is 3. The summed E-state index contributed by atoms with van der Waals surface area (Å²) in [7, 11) is 0. The number of thioether (sulfide) groups is 1. The molecule has 1 aromatic rings. The van der Waals surface area contributed by atoms with Gasteiger partial charge in [-0.1, -0.05) is 12.8 Å². The van der Waals surface area contributed by atoms with Crippen LogP contribution in [0.15, 0.2) is 0 Å². The fourth-order valence-electron chi connectivity index (χ4n) is 3.82. The lowest BCUT2D eigenvalue weighted by Gasteiger charge is -2.25. The highest BCUT2D eigenvalue weighted by Crippen LogP contribution is 2.39. The van der Waals surface area contributed by atoms with Gasteiger partial charge < -0.3 is 5.32 Å². The van der Waals surface area contributed by atoms with Crippen molar-refractivity contribution >= 4 is 46.0 Å². The van der Waals surface area contributed by atoms with Crippen LogP contribution in [0.4, 0.5) is 5.13 Å². The topological polar surface area (TPSA) is 79.4 Å². The number of nitrogens with one attached hydrogen (secondary N) is 1. The highest BCUT2D eigenvalue weighted by molar-refractivity contribution is 7.98. The smallest absolute Gasteiger partial charge is 0.249 e. The molecule has 26 heavy (non-hydrogen) atoms. The monoisotopic (exact) mass is 395 g/mol. The Hall–Kier alpha value is -1.41. The number of likely N-dealkylation sites (tertiary alicyclic amines) is 1. The molecule has 1 saturated heterocycles. The van der Waals surface area contributed by atoms with Crippen molar-refractivity contribution in [3.63, 3.8) is 0 Å². The molecule has 0 unspecified atom stereocenters. The van der Waals surface area contributed by atoms with Crippen LogP contribution < -0.4 is 5.32 Å². The number of imide groups is 1. The predicted octanol–water partition coefficient (Wildman–Crippen LogP) is 3.00. The normalized spacial score (nSPS) is 23.9. The van der Waals surface area contributed by atoms with Crippen molar-refractivity contribution in [1.29, 1.82) is 0 Å². The minimum absolute atomic E-state index is 0.160. The van der Waals surface area contributed by atoms with Gasteiger partial charge in [0.25, 0.3) is 0 Å². The van der Waals surface area contributed by atoms with Crippen molar-refractivity contribution < 1.29 is 14.4 Å². The summed E-state index contributed by atoms with van der Waals surface area (Å²) in [4.78, 5) is 45.3. The van der Waals surface area contributed by atoms with Crippen LogP contribution in [0, 0.1) is 25.7 Å². The van der Waals surface area contributed by atoms with Gasteiger partial charge in [0, 0.05) is 4.88 Å². The molecule has 1 aliphatic carbocycles. The summed E-state index contributed by atoms with van der Waals surface area (Å²) in [6.07, 6.45) is 5.89. The van der Waals surface area contributed by atoms with E-state index >= 15 is 0 Å². The first-order valence-electron chi connectivity index (χ1n) is 9.04. The summed E-state index contributed by atoms with van der Waals surface area (Å²) in [6, 6.07) is -0.752. The third-order valence-corrected chi connectivity index (χ3v) is 6.98. The van der Waals surface area contributed by atoms with Gasteiger partial charge in [0.2, 0.25) is 17.7 Å². The van der Waals surface area contributed by atoms with E-state index in [1.807, 2.05) is 20.1 Å². The average Bonchev–Trinajstić information content (AvgIpc) is 3.06. The SMILES string of the molecule is CSCC[C@H](C(=O)Nc1nc(C)c(C)s1)N1C(=O)[C@H]2CCCC[C@H]2C1=O. The van der Waals surface area contributed by atoms with Crippen LogP contribution in [-0.2, 0) is 14.4 Å². The second-order valence-electron chi connectivity index (χ2n) is 6.99. The lowest BCUT2D eigenvalue weighted by molar-refractivity contribution is -0.146. The van der Waals surface area contributed by atoms with Crippen molar-refractivity contribution in [2.75, 3.05) is 17.3 Å². The second-order valence-corrected chi connectivity index (χ2v) is 9.18. The van der Waals surface area contributed by atoms with Crippen molar-refractivity contribution in [3.05, 3.63) is 10.6 Å².